The molecule has 1 fully saturated rings. The van der Waals surface area contributed by atoms with Gasteiger partial charge in [-0.3, -0.25) is 4.79 Å². The quantitative estimate of drug-likeness (QED) is 0.694. The Bertz CT molecular complexity index is 565. The van der Waals surface area contributed by atoms with Crippen LogP contribution in [0.25, 0.3) is 11.0 Å². The van der Waals surface area contributed by atoms with Crippen LogP contribution in [0.2, 0.25) is 0 Å². The first-order chi connectivity index (χ1) is 8.25. The molecule has 2 aromatic rings. The Labute approximate surface area is 97.0 Å². The van der Waals surface area contributed by atoms with Crippen molar-refractivity contribution in [1.29, 1.82) is 0 Å². The lowest BCUT2D eigenvalue weighted by atomic mass is 9.89. The summed E-state index contributed by atoms with van der Waals surface area (Å²) in [7, 11) is 0. The van der Waals surface area contributed by atoms with Crippen LogP contribution in [0.3, 0.4) is 0 Å². The molecule has 2 unspecified atom stereocenters. The van der Waals surface area contributed by atoms with Crippen molar-refractivity contribution < 1.29 is 9.90 Å². The van der Waals surface area contributed by atoms with Crippen molar-refractivity contribution >= 4 is 17.0 Å². The molecular weight excluding hydrogens is 220 g/mol. The summed E-state index contributed by atoms with van der Waals surface area (Å²) in [6.45, 7) is 1.22. The van der Waals surface area contributed by atoms with Crippen molar-refractivity contribution in [3.05, 3.63) is 23.8 Å². The average molecular weight is 232 g/mol. The van der Waals surface area contributed by atoms with Crippen LogP contribution in [0.15, 0.2) is 18.2 Å². The molecule has 0 aliphatic carbocycles. The summed E-state index contributed by atoms with van der Waals surface area (Å²) in [5, 5.41) is 22.8. The summed E-state index contributed by atoms with van der Waals surface area (Å²) in [6.07, 6.45) is 0. The molecular formula is C11H12N4O2. The van der Waals surface area contributed by atoms with Crippen LogP contribution < -0.4 is 5.32 Å². The predicted octanol–water partition coefficient (Wildman–Crippen LogP) is 0.345. The average Bonchev–Trinajstić information content (AvgIpc) is 2.96. The first kappa shape index (κ1) is 10.2. The molecule has 0 bridgehead atoms. The molecule has 1 aliphatic rings. The zero-order valence-corrected chi connectivity index (χ0v) is 9.05. The van der Waals surface area contributed by atoms with Crippen molar-refractivity contribution in [1.82, 2.24) is 20.7 Å². The summed E-state index contributed by atoms with van der Waals surface area (Å²) in [6, 6.07) is 5.70. The van der Waals surface area contributed by atoms with E-state index in [9.17, 15) is 4.79 Å². The van der Waals surface area contributed by atoms with Crippen molar-refractivity contribution in [3.8, 4) is 0 Å². The molecule has 6 heteroatoms. The SMILES string of the molecule is O=C(O)C1CNCC1c1ccc2n[nH]nc2c1. The first-order valence-corrected chi connectivity index (χ1v) is 5.49. The molecule has 17 heavy (non-hydrogen) atoms. The van der Waals surface area contributed by atoms with E-state index in [1.54, 1.807) is 0 Å². The molecule has 2 atom stereocenters. The fourth-order valence-electron chi connectivity index (χ4n) is 2.38. The number of aromatic nitrogens is 3. The number of nitrogens with zero attached hydrogens (tertiary/aromatic N) is 2. The molecule has 2 heterocycles. The molecule has 1 aromatic heterocycles. The molecule has 0 radical (unpaired) electrons. The summed E-state index contributed by atoms with van der Waals surface area (Å²) in [4.78, 5) is 11.1. The lowest BCUT2D eigenvalue weighted by Gasteiger charge is -2.14. The fraction of sp³-hybridized carbons (Fsp3) is 0.364. The Kier molecular flexibility index (Phi) is 2.29. The molecule has 3 N–H and O–H groups in total. The highest BCUT2D eigenvalue weighted by atomic mass is 16.4. The van der Waals surface area contributed by atoms with E-state index in [0.717, 1.165) is 16.6 Å². The molecule has 6 nitrogen and oxygen atoms in total. The lowest BCUT2D eigenvalue weighted by Crippen LogP contribution is -2.20. The number of carboxylic acid groups (broad SMARTS) is 1. The number of rotatable bonds is 2. The Morgan fingerprint density at radius 2 is 2.12 bits per heavy atom. The zero-order chi connectivity index (χ0) is 11.8. The fourth-order valence-corrected chi connectivity index (χ4v) is 2.38. The molecule has 88 valence electrons. The second-order valence-electron chi connectivity index (χ2n) is 4.28. The number of hydrogen-bond acceptors (Lipinski definition) is 4. The van der Waals surface area contributed by atoms with Crippen LogP contribution in [0.5, 0.6) is 0 Å². The third kappa shape index (κ3) is 1.66. The van der Waals surface area contributed by atoms with Crippen molar-refractivity contribution in [2.24, 2.45) is 5.92 Å². The van der Waals surface area contributed by atoms with Crippen LogP contribution in [0, 0.1) is 5.92 Å². The van der Waals surface area contributed by atoms with Gasteiger partial charge >= 0.3 is 5.97 Å². The largest absolute Gasteiger partial charge is 0.481 e. The Morgan fingerprint density at radius 3 is 2.94 bits per heavy atom. The Balaban J connectivity index is 1.99. The smallest absolute Gasteiger partial charge is 0.308 e. The second-order valence-corrected chi connectivity index (χ2v) is 4.28. The van der Waals surface area contributed by atoms with Crippen molar-refractivity contribution in [3.63, 3.8) is 0 Å². The van der Waals surface area contributed by atoms with Gasteiger partial charge in [-0.1, -0.05) is 6.07 Å². The summed E-state index contributed by atoms with van der Waals surface area (Å²) < 4.78 is 0. The summed E-state index contributed by atoms with van der Waals surface area (Å²) >= 11 is 0. The van der Waals surface area contributed by atoms with Gasteiger partial charge in [0.15, 0.2) is 0 Å². The standard InChI is InChI=1S/C11H12N4O2/c16-11(17)8-5-12-4-7(8)6-1-2-9-10(3-6)14-15-13-9/h1-3,7-8,12H,4-5H2,(H,16,17)(H,13,14,15). The van der Waals surface area contributed by atoms with E-state index in [1.165, 1.54) is 0 Å². The normalized spacial score (nSPS) is 24.2. The molecule has 1 saturated heterocycles. The number of hydrogen-bond donors (Lipinski definition) is 3. The molecule has 1 aromatic carbocycles. The van der Waals surface area contributed by atoms with E-state index >= 15 is 0 Å². The van der Waals surface area contributed by atoms with Gasteiger partial charge < -0.3 is 10.4 Å². The van der Waals surface area contributed by atoms with Gasteiger partial charge in [0.05, 0.1) is 5.92 Å². The zero-order valence-electron chi connectivity index (χ0n) is 9.05. The van der Waals surface area contributed by atoms with Gasteiger partial charge in [0, 0.05) is 19.0 Å². The van der Waals surface area contributed by atoms with E-state index in [1.807, 2.05) is 18.2 Å². The van der Waals surface area contributed by atoms with Gasteiger partial charge in [0.1, 0.15) is 11.0 Å². The lowest BCUT2D eigenvalue weighted by molar-refractivity contribution is -0.141. The highest BCUT2D eigenvalue weighted by Crippen LogP contribution is 2.29. The van der Waals surface area contributed by atoms with E-state index in [0.29, 0.717) is 13.1 Å². The number of benzene rings is 1. The van der Waals surface area contributed by atoms with Crippen LogP contribution in [-0.2, 0) is 4.79 Å². The van der Waals surface area contributed by atoms with Gasteiger partial charge in [0.25, 0.3) is 0 Å². The van der Waals surface area contributed by atoms with Crippen molar-refractivity contribution in [2.45, 2.75) is 5.92 Å². The number of carbonyl (C=O) groups is 1. The maximum Gasteiger partial charge on any atom is 0.308 e. The molecule has 0 saturated carbocycles. The number of aliphatic carboxylic acids is 1. The van der Waals surface area contributed by atoms with Gasteiger partial charge in [-0.05, 0) is 17.7 Å². The number of fused-ring (bicyclic) bond motifs is 1. The highest BCUT2D eigenvalue weighted by molar-refractivity contribution is 5.76. The Hall–Kier alpha value is -1.95. The summed E-state index contributed by atoms with van der Waals surface area (Å²) in [5.41, 5.74) is 2.58. The molecule has 0 spiro atoms. The van der Waals surface area contributed by atoms with E-state index in [-0.39, 0.29) is 11.8 Å². The minimum Gasteiger partial charge on any atom is -0.481 e. The van der Waals surface area contributed by atoms with Gasteiger partial charge in [-0.2, -0.15) is 15.4 Å². The molecule has 3 rings (SSSR count). The second kappa shape index (κ2) is 3.81. The minimum absolute atomic E-state index is 0.00796. The van der Waals surface area contributed by atoms with Crippen LogP contribution in [0.1, 0.15) is 11.5 Å². The Morgan fingerprint density at radius 1 is 1.29 bits per heavy atom. The highest BCUT2D eigenvalue weighted by Gasteiger charge is 2.33. The van der Waals surface area contributed by atoms with Gasteiger partial charge in [-0.25, -0.2) is 0 Å². The minimum atomic E-state index is -0.750. The topological polar surface area (TPSA) is 90.9 Å². The van der Waals surface area contributed by atoms with E-state index in [2.05, 4.69) is 20.7 Å². The van der Waals surface area contributed by atoms with Crippen molar-refractivity contribution in [2.75, 3.05) is 13.1 Å². The maximum atomic E-state index is 11.1. The van der Waals surface area contributed by atoms with E-state index < -0.39 is 5.97 Å². The molecule has 1 aliphatic heterocycles. The number of carboxylic acids is 1. The van der Waals surface area contributed by atoms with Gasteiger partial charge in [-0.15, -0.1) is 0 Å². The van der Waals surface area contributed by atoms with Crippen LogP contribution >= 0.6 is 0 Å². The monoisotopic (exact) mass is 232 g/mol. The van der Waals surface area contributed by atoms with Crippen LogP contribution in [0.4, 0.5) is 0 Å². The number of aromatic amines is 1. The number of nitrogens with one attached hydrogen (secondary N) is 2. The summed E-state index contributed by atoms with van der Waals surface area (Å²) in [5.74, 6) is -1.10. The third-order valence-corrected chi connectivity index (χ3v) is 3.30. The van der Waals surface area contributed by atoms with Gasteiger partial charge in [0.2, 0.25) is 0 Å². The first-order valence-electron chi connectivity index (χ1n) is 5.49. The maximum absolute atomic E-state index is 11.1. The predicted molar refractivity (Wildman–Crippen MR) is 60.6 cm³/mol. The van der Waals surface area contributed by atoms with E-state index in [4.69, 9.17) is 5.11 Å². The third-order valence-electron chi connectivity index (χ3n) is 3.30. The van der Waals surface area contributed by atoms with Crippen LogP contribution in [-0.4, -0.2) is 39.6 Å². The molecule has 0 amide bonds. The number of H-pyrrole nitrogens is 1.